The molecule has 4 rings (SSSR count). The Hall–Kier alpha value is -3.23. The zero-order chi connectivity index (χ0) is 29.6. The van der Waals surface area contributed by atoms with E-state index in [2.05, 4.69) is 29.2 Å². The molecule has 0 spiro atoms. The van der Waals surface area contributed by atoms with E-state index in [1.54, 1.807) is 12.1 Å². The lowest BCUT2D eigenvalue weighted by Gasteiger charge is -2.45. The Morgan fingerprint density at radius 1 is 1.00 bits per heavy atom. The summed E-state index contributed by atoms with van der Waals surface area (Å²) in [4.78, 5) is 43.7. The van der Waals surface area contributed by atoms with Crippen molar-refractivity contribution in [3.8, 4) is 0 Å². The van der Waals surface area contributed by atoms with Gasteiger partial charge in [0, 0.05) is 49.7 Å². The minimum atomic E-state index is -0.466. The van der Waals surface area contributed by atoms with E-state index in [1.807, 2.05) is 55.7 Å². The van der Waals surface area contributed by atoms with Gasteiger partial charge in [-0.15, -0.1) is 0 Å². The molecule has 222 valence electrons. The highest BCUT2D eigenvalue weighted by molar-refractivity contribution is 5.92. The van der Waals surface area contributed by atoms with E-state index in [0.29, 0.717) is 31.8 Å². The Balaban J connectivity index is 1.32. The molecule has 41 heavy (non-hydrogen) atoms. The van der Waals surface area contributed by atoms with Crippen LogP contribution in [0.1, 0.15) is 74.9 Å². The van der Waals surface area contributed by atoms with Gasteiger partial charge in [-0.25, -0.2) is 0 Å². The number of ether oxygens (including phenoxy) is 1. The molecule has 2 heterocycles. The lowest BCUT2D eigenvalue weighted by Crippen LogP contribution is -2.52. The summed E-state index contributed by atoms with van der Waals surface area (Å²) in [7, 11) is 0. The maximum absolute atomic E-state index is 13.2. The van der Waals surface area contributed by atoms with Crippen LogP contribution in [0, 0.1) is 5.41 Å². The van der Waals surface area contributed by atoms with E-state index in [0.717, 1.165) is 50.9 Å². The molecule has 2 fully saturated rings. The van der Waals surface area contributed by atoms with Crippen molar-refractivity contribution in [2.75, 3.05) is 39.5 Å². The van der Waals surface area contributed by atoms with E-state index in [1.165, 1.54) is 5.56 Å². The number of amides is 3. The van der Waals surface area contributed by atoms with Gasteiger partial charge in [-0.05, 0) is 55.9 Å². The summed E-state index contributed by atoms with van der Waals surface area (Å²) in [6.07, 6.45) is 3.82. The van der Waals surface area contributed by atoms with Crippen LogP contribution in [0.15, 0.2) is 54.6 Å². The summed E-state index contributed by atoms with van der Waals surface area (Å²) in [5.74, 6) is -0.225. The summed E-state index contributed by atoms with van der Waals surface area (Å²) in [6.45, 7) is 12.3. The number of carbonyl (C=O) groups is 3. The summed E-state index contributed by atoms with van der Waals surface area (Å²) in [5, 5.41) is 0. The van der Waals surface area contributed by atoms with Gasteiger partial charge in [-0.1, -0.05) is 63.2 Å². The van der Waals surface area contributed by atoms with E-state index in [4.69, 9.17) is 10.5 Å². The van der Waals surface area contributed by atoms with Crippen molar-refractivity contribution in [1.82, 2.24) is 14.7 Å². The number of benzene rings is 2. The molecule has 0 radical (unpaired) electrons. The first-order valence-electron chi connectivity index (χ1n) is 14.9. The third-order valence-electron chi connectivity index (χ3n) is 8.60. The van der Waals surface area contributed by atoms with E-state index < -0.39 is 16.9 Å². The number of primary amides is 1. The van der Waals surface area contributed by atoms with Gasteiger partial charge in [0.2, 0.25) is 17.7 Å². The molecule has 2 saturated heterocycles. The quantitative estimate of drug-likeness (QED) is 0.495. The first kappa shape index (κ1) is 30.7. The number of likely N-dealkylation sites (N-methyl/N-ethyl adjacent to an activating group) is 1. The monoisotopic (exact) mass is 562 g/mol. The standard InChI is InChI=1S/C33H46N4O4/c1-5-37(29(38)23-25-11-13-26(14-12-25)30(34)39)28-15-19-35(20-16-28)21-17-33(27-9-7-6-8-10-27)18-22-36(24-41-33)31(40)32(2,3)4/h6-14,28H,5,15-24H2,1-4H3,(H2,34,39). The van der Waals surface area contributed by atoms with E-state index in [9.17, 15) is 14.4 Å². The number of hydrogen-bond acceptors (Lipinski definition) is 5. The van der Waals surface area contributed by atoms with Gasteiger partial charge in [0.25, 0.3) is 0 Å². The van der Waals surface area contributed by atoms with Crippen LogP contribution < -0.4 is 5.73 Å². The summed E-state index contributed by atoms with van der Waals surface area (Å²) in [6, 6.07) is 17.6. The Morgan fingerprint density at radius 3 is 2.20 bits per heavy atom. The smallest absolute Gasteiger partial charge is 0.248 e. The number of nitrogens with zero attached hydrogens (tertiary/aromatic N) is 3. The second-order valence-corrected chi connectivity index (χ2v) is 12.4. The number of carbonyl (C=O) groups excluding carboxylic acids is 3. The Bertz CT molecular complexity index is 1180. The van der Waals surface area contributed by atoms with Crippen molar-refractivity contribution in [3.63, 3.8) is 0 Å². The first-order valence-corrected chi connectivity index (χ1v) is 14.9. The van der Waals surface area contributed by atoms with Crippen LogP contribution >= 0.6 is 0 Å². The molecular weight excluding hydrogens is 516 g/mol. The molecule has 1 atom stereocenters. The van der Waals surface area contributed by atoms with Crippen LogP contribution in [0.2, 0.25) is 0 Å². The van der Waals surface area contributed by atoms with Crippen LogP contribution in [0.25, 0.3) is 0 Å². The maximum atomic E-state index is 13.2. The number of piperidine rings is 1. The summed E-state index contributed by atoms with van der Waals surface area (Å²) in [5.41, 5.74) is 7.00. The van der Waals surface area contributed by atoms with Gasteiger partial charge >= 0.3 is 0 Å². The third kappa shape index (κ3) is 7.54. The first-order chi connectivity index (χ1) is 19.5. The van der Waals surface area contributed by atoms with Crippen molar-refractivity contribution in [1.29, 1.82) is 0 Å². The van der Waals surface area contributed by atoms with Crippen molar-refractivity contribution >= 4 is 17.7 Å². The zero-order valence-electron chi connectivity index (χ0n) is 25.1. The van der Waals surface area contributed by atoms with Crippen molar-refractivity contribution in [3.05, 3.63) is 71.3 Å². The highest BCUT2D eigenvalue weighted by atomic mass is 16.5. The van der Waals surface area contributed by atoms with Gasteiger partial charge in [0.1, 0.15) is 6.73 Å². The topological polar surface area (TPSA) is 96.2 Å². The lowest BCUT2D eigenvalue weighted by atomic mass is 9.85. The number of hydrogen-bond donors (Lipinski definition) is 1. The van der Waals surface area contributed by atoms with Crippen LogP contribution in [0.4, 0.5) is 0 Å². The van der Waals surface area contributed by atoms with E-state index in [-0.39, 0.29) is 17.9 Å². The average Bonchev–Trinajstić information content (AvgIpc) is 2.97. The molecule has 0 saturated carbocycles. The summed E-state index contributed by atoms with van der Waals surface area (Å²) < 4.78 is 6.56. The fourth-order valence-electron chi connectivity index (χ4n) is 6.09. The van der Waals surface area contributed by atoms with Crippen molar-refractivity contribution < 1.29 is 19.1 Å². The number of rotatable bonds is 9. The Labute approximate surface area is 244 Å². The SMILES string of the molecule is CCN(C(=O)Cc1ccc(C(N)=O)cc1)C1CCN(CCC2(c3ccccc3)CCN(C(=O)C(C)(C)C)CO2)CC1. The molecule has 1 unspecified atom stereocenters. The minimum absolute atomic E-state index is 0.116. The predicted octanol–water partition coefficient (Wildman–Crippen LogP) is 4.18. The van der Waals surface area contributed by atoms with Crippen LogP contribution in [-0.2, 0) is 26.3 Å². The van der Waals surface area contributed by atoms with Crippen LogP contribution in [-0.4, -0.2) is 77.9 Å². The van der Waals surface area contributed by atoms with Gasteiger partial charge < -0.3 is 25.2 Å². The normalized spacial score (nSPS) is 20.5. The fraction of sp³-hybridized carbons (Fsp3) is 0.545. The van der Waals surface area contributed by atoms with Crippen molar-refractivity contribution in [2.24, 2.45) is 11.1 Å². The molecule has 2 aliphatic rings. The molecule has 8 heteroatoms. The molecular formula is C33H46N4O4. The molecule has 8 nitrogen and oxygen atoms in total. The Morgan fingerprint density at radius 2 is 1.66 bits per heavy atom. The fourth-order valence-corrected chi connectivity index (χ4v) is 6.09. The highest BCUT2D eigenvalue weighted by Gasteiger charge is 2.41. The molecule has 0 aliphatic carbocycles. The molecule has 0 bridgehead atoms. The maximum Gasteiger partial charge on any atom is 0.248 e. The second-order valence-electron chi connectivity index (χ2n) is 12.4. The van der Waals surface area contributed by atoms with Crippen molar-refractivity contribution in [2.45, 2.75) is 71.4 Å². The van der Waals surface area contributed by atoms with Gasteiger partial charge in [0.15, 0.2) is 0 Å². The largest absolute Gasteiger partial charge is 0.366 e. The molecule has 0 aromatic heterocycles. The molecule has 2 aromatic rings. The second kappa shape index (κ2) is 13.2. The lowest BCUT2D eigenvalue weighted by molar-refractivity contribution is -0.175. The Kier molecular flexibility index (Phi) is 9.87. The van der Waals surface area contributed by atoms with Crippen LogP contribution in [0.5, 0.6) is 0 Å². The molecule has 2 aromatic carbocycles. The third-order valence-corrected chi connectivity index (χ3v) is 8.60. The van der Waals surface area contributed by atoms with Gasteiger partial charge in [0.05, 0.1) is 12.0 Å². The van der Waals surface area contributed by atoms with E-state index >= 15 is 0 Å². The minimum Gasteiger partial charge on any atom is -0.366 e. The average molecular weight is 563 g/mol. The summed E-state index contributed by atoms with van der Waals surface area (Å²) >= 11 is 0. The highest BCUT2D eigenvalue weighted by Crippen LogP contribution is 2.38. The van der Waals surface area contributed by atoms with Gasteiger partial charge in [-0.2, -0.15) is 0 Å². The zero-order valence-corrected chi connectivity index (χ0v) is 25.1. The predicted molar refractivity (Wildman–Crippen MR) is 160 cm³/mol. The molecule has 2 aliphatic heterocycles. The van der Waals surface area contributed by atoms with Crippen LogP contribution in [0.3, 0.4) is 0 Å². The number of nitrogens with two attached hydrogens (primary N) is 1. The molecule has 2 N–H and O–H groups in total. The number of likely N-dealkylation sites (tertiary alicyclic amines) is 1. The van der Waals surface area contributed by atoms with Gasteiger partial charge in [-0.3, -0.25) is 14.4 Å². The molecule has 3 amide bonds.